The zero-order chi connectivity index (χ0) is 13.8. The molecular formula is C14H28S2Sn. The van der Waals surface area contributed by atoms with Gasteiger partial charge in [-0.05, 0) is 0 Å². The first kappa shape index (κ1) is 23.1. The molecule has 0 amide bonds. The second kappa shape index (κ2) is 30.2. The average Bonchev–Trinajstić information content (AvgIpc) is 2.39. The average molecular weight is 379 g/mol. The fourth-order valence-electron chi connectivity index (χ4n) is 0.729. The molecule has 0 atom stereocenters. The molecule has 0 aliphatic rings. The predicted molar refractivity (Wildman–Crippen MR) is 90.0 cm³/mol. The summed E-state index contributed by atoms with van der Waals surface area (Å²) < 4.78 is 3.25. The van der Waals surface area contributed by atoms with Crippen LogP contribution in [0.3, 0.4) is 0 Å². The molecule has 0 unspecified atom stereocenters. The van der Waals surface area contributed by atoms with E-state index in [0.717, 1.165) is 0 Å². The Morgan fingerprint density at radius 3 is 1.35 bits per heavy atom. The Morgan fingerprint density at radius 2 is 1.18 bits per heavy atom. The molecule has 0 aliphatic carbocycles. The standard InChI is InChI=1S/2C4H9.2C3H6S.Sn/c2*1-3-4-2;2*1-2-3-4;/h2*1,3-4H2,2H3;2*2,4H,1,3H2;/q;;;;+2/p-2. The van der Waals surface area contributed by atoms with Gasteiger partial charge in [0.25, 0.3) is 0 Å². The zero-order valence-electron chi connectivity index (χ0n) is 11.5. The van der Waals surface area contributed by atoms with E-state index < -0.39 is 0 Å². The van der Waals surface area contributed by atoms with Gasteiger partial charge in [0.15, 0.2) is 0 Å². The molecule has 0 radical (unpaired) electrons. The molecule has 0 rings (SSSR count). The number of hydrogen-bond acceptors (Lipinski definition) is 2. The summed E-state index contributed by atoms with van der Waals surface area (Å²) in [6, 6.07) is 0. The molecule has 0 bridgehead atoms. The van der Waals surface area contributed by atoms with Crippen molar-refractivity contribution in [2.75, 3.05) is 11.5 Å². The molecule has 0 N–H and O–H groups in total. The van der Waals surface area contributed by atoms with Crippen LogP contribution in [0.2, 0.25) is 8.87 Å². The SMILES string of the molecule is C=CC[S-].C=CC[S-].CCC[CH2][Sn+2][CH2]CCC. The van der Waals surface area contributed by atoms with Crippen molar-refractivity contribution in [2.24, 2.45) is 0 Å². The predicted octanol–water partition coefficient (Wildman–Crippen LogP) is 4.57. The Bertz CT molecular complexity index is 113. The van der Waals surface area contributed by atoms with Crippen molar-refractivity contribution in [3.8, 4) is 0 Å². The molecule has 0 aromatic rings. The van der Waals surface area contributed by atoms with Gasteiger partial charge in [0.1, 0.15) is 0 Å². The summed E-state index contributed by atoms with van der Waals surface area (Å²) >= 11 is 9.02. The van der Waals surface area contributed by atoms with Gasteiger partial charge in [-0.1, -0.05) is 0 Å². The van der Waals surface area contributed by atoms with Crippen LogP contribution in [0.15, 0.2) is 25.3 Å². The second-order valence-electron chi connectivity index (χ2n) is 3.37. The molecule has 0 fully saturated rings. The summed E-state index contributed by atoms with van der Waals surface area (Å²) in [5, 5.41) is 0. The maximum atomic E-state index is 4.44. The van der Waals surface area contributed by atoms with Crippen LogP contribution in [0.5, 0.6) is 0 Å². The van der Waals surface area contributed by atoms with Crippen molar-refractivity contribution in [2.45, 2.75) is 48.4 Å². The molecule has 0 aromatic carbocycles. The van der Waals surface area contributed by atoms with Gasteiger partial charge in [-0.25, -0.2) is 0 Å². The molecule has 0 spiro atoms. The Kier molecular flexibility index (Phi) is 41.1. The van der Waals surface area contributed by atoms with E-state index in [-0.39, 0.29) is 21.1 Å². The van der Waals surface area contributed by atoms with Crippen LogP contribution in [-0.4, -0.2) is 32.6 Å². The van der Waals surface area contributed by atoms with Crippen molar-refractivity contribution in [1.82, 2.24) is 0 Å². The molecule has 0 saturated carbocycles. The van der Waals surface area contributed by atoms with Crippen LogP contribution in [0.1, 0.15) is 39.5 Å². The molecule has 17 heavy (non-hydrogen) atoms. The quantitative estimate of drug-likeness (QED) is 0.262. The first-order valence-corrected chi connectivity index (χ1v) is 11.5. The number of rotatable bonds is 8. The fraction of sp³-hybridized carbons (Fsp3) is 0.714. The summed E-state index contributed by atoms with van der Waals surface area (Å²) in [4.78, 5) is 0. The van der Waals surface area contributed by atoms with E-state index in [2.05, 4.69) is 52.3 Å². The molecule has 0 nitrogen and oxygen atoms in total. The number of unbranched alkanes of at least 4 members (excludes halogenated alkanes) is 2. The van der Waals surface area contributed by atoms with Crippen molar-refractivity contribution in [3.63, 3.8) is 0 Å². The van der Waals surface area contributed by atoms with Gasteiger partial charge in [-0.2, -0.15) is 11.5 Å². The Balaban J connectivity index is -0.000000205. The van der Waals surface area contributed by atoms with Crippen molar-refractivity contribution >= 4 is 46.4 Å². The van der Waals surface area contributed by atoms with Gasteiger partial charge in [-0.3, -0.25) is 0 Å². The summed E-state index contributed by atoms with van der Waals surface area (Å²) in [6.45, 7) is 11.3. The molecule has 0 aromatic heterocycles. The van der Waals surface area contributed by atoms with Crippen LogP contribution >= 0.6 is 0 Å². The molecular weight excluding hydrogens is 351 g/mol. The van der Waals surface area contributed by atoms with E-state index in [1.54, 1.807) is 21.0 Å². The van der Waals surface area contributed by atoms with Gasteiger partial charge in [0.05, 0.1) is 0 Å². The van der Waals surface area contributed by atoms with E-state index in [1.807, 2.05) is 0 Å². The minimum atomic E-state index is 0.149. The normalized spacial score (nSPS) is 7.76. The Hall–Kier alpha value is 0.979. The summed E-state index contributed by atoms with van der Waals surface area (Å²) in [5.74, 6) is 1.33. The van der Waals surface area contributed by atoms with Crippen LogP contribution in [0, 0.1) is 0 Å². The van der Waals surface area contributed by atoms with E-state index in [9.17, 15) is 0 Å². The molecule has 100 valence electrons. The summed E-state index contributed by atoms with van der Waals surface area (Å²) in [7, 11) is 0. The number of hydrogen-bond donors (Lipinski definition) is 0. The van der Waals surface area contributed by atoms with E-state index in [0.29, 0.717) is 11.5 Å². The van der Waals surface area contributed by atoms with Crippen molar-refractivity contribution in [1.29, 1.82) is 0 Å². The van der Waals surface area contributed by atoms with Gasteiger partial charge < -0.3 is 25.3 Å². The van der Waals surface area contributed by atoms with Crippen LogP contribution < -0.4 is 0 Å². The first-order chi connectivity index (χ1) is 8.24. The van der Waals surface area contributed by atoms with Crippen LogP contribution in [0.25, 0.3) is 0 Å². The zero-order valence-corrected chi connectivity index (χ0v) is 16.0. The van der Waals surface area contributed by atoms with Gasteiger partial charge in [0.2, 0.25) is 0 Å². The van der Waals surface area contributed by atoms with Crippen LogP contribution in [-0.2, 0) is 25.3 Å². The van der Waals surface area contributed by atoms with Crippen LogP contribution in [0.4, 0.5) is 0 Å². The topological polar surface area (TPSA) is 0 Å². The van der Waals surface area contributed by atoms with Gasteiger partial charge in [-0.15, -0.1) is 25.3 Å². The Morgan fingerprint density at radius 1 is 0.882 bits per heavy atom. The molecule has 0 aliphatic heterocycles. The van der Waals surface area contributed by atoms with Gasteiger partial charge in [0, 0.05) is 0 Å². The maximum absolute atomic E-state index is 4.44. The minimum absolute atomic E-state index is 0.149. The summed E-state index contributed by atoms with van der Waals surface area (Å²) in [5.41, 5.74) is 0. The second-order valence-corrected chi connectivity index (χ2v) is 8.32. The van der Waals surface area contributed by atoms with E-state index in [1.165, 1.54) is 25.7 Å². The molecule has 0 heterocycles. The van der Waals surface area contributed by atoms with E-state index in [4.69, 9.17) is 0 Å². The van der Waals surface area contributed by atoms with Gasteiger partial charge >= 0.3 is 69.5 Å². The monoisotopic (exact) mass is 380 g/mol. The third-order valence-corrected chi connectivity index (χ3v) is 6.16. The molecule has 0 saturated heterocycles. The third-order valence-electron chi connectivity index (χ3n) is 1.65. The fourth-order valence-corrected chi connectivity index (χ4v) is 4.89. The molecule has 3 heteroatoms. The van der Waals surface area contributed by atoms with E-state index >= 15 is 0 Å². The van der Waals surface area contributed by atoms with Crippen molar-refractivity contribution in [3.05, 3.63) is 25.3 Å². The Labute approximate surface area is 131 Å². The van der Waals surface area contributed by atoms with Crippen molar-refractivity contribution < 1.29 is 0 Å². The first-order valence-electron chi connectivity index (χ1n) is 6.33. The third kappa shape index (κ3) is 47.3. The summed E-state index contributed by atoms with van der Waals surface area (Å²) in [6.07, 6.45) is 9.22.